The normalized spacial score (nSPS) is 11.7. The Morgan fingerprint density at radius 3 is 1.91 bits per heavy atom. The zero-order chi connectivity index (χ0) is 24.7. The SMILES string of the molecule is CCOP(=O)(OCC)c1nc(C(c2ccccc2)c2ccccc2)oc1NCc1ccc(C)cc1. The maximum absolute atomic E-state index is 13.8. The summed E-state index contributed by atoms with van der Waals surface area (Å²) in [4.78, 5) is 4.76. The molecule has 4 aromatic rings. The average molecular weight is 491 g/mol. The van der Waals surface area contributed by atoms with Gasteiger partial charge in [-0.05, 0) is 37.5 Å². The van der Waals surface area contributed by atoms with Gasteiger partial charge in [-0.2, -0.15) is 0 Å². The Kier molecular flexibility index (Phi) is 8.19. The predicted molar refractivity (Wildman–Crippen MR) is 139 cm³/mol. The van der Waals surface area contributed by atoms with Gasteiger partial charge in [0, 0.05) is 6.54 Å². The number of aryl methyl sites for hydroxylation is 1. The molecule has 0 aliphatic carbocycles. The molecule has 1 aromatic heterocycles. The first-order chi connectivity index (χ1) is 17.0. The Bertz CT molecular complexity index is 1210. The molecule has 0 saturated carbocycles. The fourth-order valence-electron chi connectivity index (χ4n) is 3.91. The van der Waals surface area contributed by atoms with Gasteiger partial charge in [0.2, 0.25) is 17.2 Å². The maximum atomic E-state index is 13.8. The van der Waals surface area contributed by atoms with Crippen LogP contribution in [0.2, 0.25) is 0 Å². The minimum Gasteiger partial charge on any atom is -0.423 e. The van der Waals surface area contributed by atoms with Crippen LogP contribution in [0.3, 0.4) is 0 Å². The minimum absolute atomic E-state index is 0.167. The van der Waals surface area contributed by atoms with Crippen LogP contribution in [0, 0.1) is 6.92 Å². The second-order valence-corrected chi connectivity index (χ2v) is 10.1. The molecule has 4 rings (SSSR count). The molecule has 0 radical (unpaired) electrons. The zero-order valence-electron chi connectivity index (χ0n) is 20.3. The van der Waals surface area contributed by atoms with E-state index in [4.69, 9.17) is 18.4 Å². The van der Waals surface area contributed by atoms with E-state index in [-0.39, 0.29) is 24.6 Å². The van der Waals surface area contributed by atoms with Crippen LogP contribution in [0.25, 0.3) is 0 Å². The fourth-order valence-corrected chi connectivity index (χ4v) is 5.50. The number of rotatable bonds is 11. The standard InChI is InChI=1S/C28H31N2O4P/c1-4-32-35(31,33-5-2)28-27(29-20-22-18-16-21(3)17-19-22)34-26(30-28)25(23-12-8-6-9-13-23)24-14-10-7-11-15-24/h6-19,25,29H,4-5,20H2,1-3H3. The van der Waals surface area contributed by atoms with Gasteiger partial charge in [-0.1, -0.05) is 90.5 Å². The molecule has 0 spiro atoms. The summed E-state index contributed by atoms with van der Waals surface area (Å²) in [5.41, 5.74) is 4.44. The minimum atomic E-state index is -3.71. The maximum Gasteiger partial charge on any atom is 0.385 e. The van der Waals surface area contributed by atoms with Crippen molar-refractivity contribution < 1.29 is 18.0 Å². The van der Waals surface area contributed by atoms with Crippen LogP contribution < -0.4 is 10.8 Å². The van der Waals surface area contributed by atoms with E-state index >= 15 is 0 Å². The van der Waals surface area contributed by atoms with Crippen molar-refractivity contribution in [2.45, 2.75) is 33.2 Å². The lowest BCUT2D eigenvalue weighted by Crippen LogP contribution is -2.17. The number of hydrogen-bond donors (Lipinski definition) is 1. The Labute approximate surface area is 206 Å². The lowest BCUT2D eigenvalue weighted by molar-refractivity contribution is 0.229. The summed E-state index contributed by atoms with van der Waals surface area (Å²) >= 11 is 0. The molecular formula is C28H31N2O4P. The number of hydrogen-bond acceptors (Lipinski definition) is 6. The molecule has 0 aliphatic heterocycles. The van der Waals surface area contributed by atoms with Crippen LogP contribution in [-0.2, 0) is 20.2 Å². The van der Waals surface area contributed by atoms with Gasteiger partial charge in [-0.15, -0.1) is 0 Å². The van der Waals surface area contributed by atoms with Crippen molar-refractivity contribution >= 4 is 18.9 Å². The van der Waals surface area contributed by atoms with E-state index in [1.54, 1.807) is 13.8 Å². The molecule has 1 heterocycles. The monoisotopic (exact) mass is 490 g/mol. The molecule has 0 saturated heterocycles. The number of anilines is 1. The van der Waals surface area contributed by atoms with Gasteiger partial charge in [0.05, 0.1) is 19.1 Å². The molecule has 7 heteroatoms. The van der Waals surface area contributed by atoms with E-state index in [1.165, 1.54) is 5.56 Å². The fraction of sp³-hybridized carbons (Fsp3) is 0.250. The van der Waals surface area contributed by atoms with E-state index in [2.05, 4.69) is 17.4 Å². The van der Waals surface area contributed by atoms with Crippen molar-refractivity contribution in [3.8, 4) is 0 Å². The first kappa shape index (κ1) is 24.9. The summed E-state index contributed by atoms with van der Waals surface area (Å²) in [6, 6.07) is 28.2. The number of nitrogens with one attached hydrogen (secondary N) is 1. The number of oxazole rings is 1. The predicted octanol–water partition coefficient (Wildman–Crippen LogP) is 6.67. The third-order valence-electron chi connectivity index (χ3n) is 5.57. The molecule has 6 nitrogen and oxygen atoms in total. The molecular weight excluding hydrogens is 459 g/mol. The van der Waals surface area contributed by atoms with Gasteiger partial charge in [0.15, 0.2) is 0 Å². The van der Waals surface area contributed by atoms with Crippen molar-refractivity contribution in [2.24, 2.45) is 0 Å². The molecule has 182 valence electrons. The molecule has 35 heavy (non-hydrogen) atoms. The second kappa shape index (κ2) is 11.5. The number of benzene rings is 3. The molecule has 0 unspecified atom stereocenters. The Hall–Kier alpha value is -3.18. The molecule has 0 amide bonds. The molecule has 1 N–H and O–H groups in total. The first-order valence-electron chi connectivity index (χ1n) is 11.8. The van der Waals surface area contributed by atoms with Crippen LogP contribution in [-0.4, -0.2) is 18.2 Å². The number of nitrogens with zero attached hydrogens (tertiary/aromatic N) is 1. The van der Waals surface area contributed by atoms with Gasteiger partial charge < -0.3 is 18.8 Å². The van der Waals surface area contributed by atoms with Crippen molar-refractivity contribution in [3.63, 3.8) is 0 Å². The first-order valence-corrected chi connectivity index (χ1v) is 13.4. The van der Waals surface area contributed by atoms with Gasteiger partial charge in [0.25, 0.3) is 0 Å². The van der Waals surface area contributed by atoms with Gasteiger partial charge in [0.1, 0.15) is 0 Å². The topological polar surface area (TPSA) is 73.6 Å². The molecule has 3 aromatic carbocycles. The van der Waals surface area contributed by atoms with Gasteiger partial charge in [-0.3, -0.25) is 4.57 Å². The van der Waals surface area contributed by atoms with E-state index in [9.17, 15) is 4.57 Å². The summed E-state index contributed by atoms with van der Waals surface area (Å²) in [5, 5.41) is 3.29. The van der Waals surface area contributed by atoms with Crippen molar-refractivity contribution in [1.82, 2.24) is 4.98 Å². The molecule has 0 aliphatic rings. The van der Waals surface area contributed by atoms with Crippen LogP contribution in [0.4, 0.5) is 5.88 Å². The van der Waals surface area contributed by atoms with Crippen LogP contribution in [0.5, 0.6) is 0 Å². The highest BCUT2D eigenvalue weighted by Crippen LogP contribution is 2.49. The van der Waals surface area contributed by atoms with E-state index < -0.39 is 7.60 Å². The lowest BCUT2D eigenvalue weighted by atomic mass is 9.91. The smallest absolute Gasteiger partial charge is 0.385 e. The second-order valence-electron chi connectivity index (χ2n) is 8.13. The van der Waals surface area contributed by atoms with Crippen molar-refractivity contribution in [3.05, 3.63) is 113 Å². The molecule has 0 bridgehead atoms. The zero-order valence-corrected chi connectivity index (χ0v) is 21.2. The quantitative estimate of drug-likeness (QED) is 0.237. The third kappa shape index (κ3) is 5.91. The highest BCUT2D eigenvalue weighted by atomic mass is 31.2. The summed E-state index contributed by atoms with van der Waals surface area (Å²) in [6.45, 7) is 6.52. The lowest BCUT2D eigenvalue weighted by Gasteiger charge is -2.16. The largest absolute Gasteiger partial charge is 0.423 e. The van der Waals surface area contributed by atoms with E-state index in [0.717, 1.165) is 16.7 Å². The van der Waals surface area contributed by atoms with Crippen LogP contribution in [0.15, 0.2) is 89.3 Å². The summed E-state index contributed by atoms with van der Waals surface area (Å²) in [5.74, 6) is 0.425. The van der Waals surface area contributed by atoms with Crippen molar-refractivity contribution in [2.75, 3.05) is 18.5 Å². The summed E-state index contributed by atoms with van der Waals surface area (Å²) in [7, 11) is -3.71. The van der Waals surface area contributed by atoms with Crippen LogP contribution >= 0.6 is 7.60 Å². The Morgan fingerprint density at radius 1 is 0.857 bits per heavy atom. The van der Waals surface area contributed by atoms with Crippen molar-refractivity contribution in [1.29, 1.82) is 0 Å². The highest BCUT2D eigenvalue weighted by molar-refractivity contribution is 7.62. The summed E-state index contributed by atoms with van der Waals surface area (Å²) < 4.78 is 31.4. The Morgan fingerprint density at radius 2 is 1.40 bits per heavy atom. The third-order valence-corrected chi connectivity index (χ3v) is 7.59. The van der Waals surface area contributed by atoms with Gasteiger partial charge >= 0.3 is 7.60 Å². The molecule has 0 fully saturated rings. The van der Waals surface area contributed by atoms with E-state index in [1.807, 2.05) is 79.7 Å². The highest BCUT2D eigenvalue weighted by Gasteiger charge is 2.37. The number of aromatic nitrogens is 1. The van der Waals surface area contributed by atoms with Crippen LogP contribution in [0.1, 0.15) is 47.9 Å². The van der Waals surface area contributed by atoms with Gasteiger partial charge in [-0.25, -0.2) is 4.98 Å². The molecule has 0 atom stereocenters. The summed E-state index contributed by atoms with van der Waals surface area (Å²) in [6.07, 6.45) is 0. The Balaban J connectivity index is 1.80. The average Bonchev–Trinajstić information content (AvgIpc) is 3.30. The van der Waals surface area contributed by atoms with E-state index in [0.29, 0.717) is 18.3 Å².